The van der Waals surface area contributed by atoms with Crippen LogP contribution in [0.2, 0.25) is 0 Å². The van der Waals surface area contributed by atoms with Crippen LogP contribution in [0.15, 0.2) is 194 Å². The van der Waals surface area contributed by atoms with Crippen LogP contribution in [-0.2, 0) is 10.8 Å². The standard InChI is InChI=1S/C54H44GeN2O/c1-53(2)41-23-11-15-27-47(41)56(48-28-16-12-24-42(48)53)39-31-33-45-51(35-39)58-52-36-40(57-49-29-17-13-25-43(49)54(3,4)44-26-14-18-30-50(44)57)32-34-46(52)55(45,37-19-7-5-8-20-37)38-21-9-6-10-22-38/h5-36H,1-4H3. The summed E-state index contributed by atoms with van der Waals surface area (Å²) in [6.45, 7) is 9.37. The van der Waals surface area contributed by atoms with E-state index < -0.39 is 13.3 Å². The molecule has 8 aromatic carbocycles. The first-order valence-electron chi connectivity index (χ1n) is 20.4. The monoisotopic (exact) mass is 810 g/mol. The van der Waals surface area contributed by atoms with Crippen LogP contribution in [0.3, 0.4) is 0 Å². The molecule has 280 valence electrons. The summed E-state index contributed by atoms with van der Waals surface area (Å²) in [5, 5.41) is 0. The van der Waals surface area contributed by atoms with Crippen LogP contribution >= 0.6 is 0 Å². The molecule has 0 aliphatic carbocycles. The molecule has 3 nitrogen and oxygen atoms in total. The number of fused-ring (bicyclic) bond motifs is 6. The minimum absolute atomic E-state index is 0.143. The Bertz CT molecular complexity index is 2600. The van der Waals surface area contributed by atoms with Gasteiger partial charge >= 0.3 is 346 Å². The van der Waals surface area contributed by atoms with Crippen molar-refractivity contribution in [2.75, 3.05) is 9.80 Å². The van der Waals surface area contributed by atoms with Crippen LogP contribution in [0, 0.1) is 0 Å². The van der Waals surface area contributed by atoms with Gasteiger partial charge in [0.2, 0.25) is 0 Å². The molecule has 0 atom stereocenters. The van der Waals surface area contributed by atoms with E-state index in [4.69, 9.17) is 4.74 Å². The van der Waals surface area contributed by atoms with Gasteiger partial charge in [0.15, 0.2) is 0 Å². The summed E-state index contributed by atoms with van der Waals surface area (Å²) in [5.41, 5.74) is 12.0. The molecule has 0 unspecified atom stereocenters. The Morgan fingerprint density at radius 2 is 0.672 bits per heavy atom. The van der Waals surface area contributed by atoms with E-state index in [0.717, 1.165) is 22.9 Å². The van der Waals surface area contributed by atoms with Crippen molar-refractivity contribution in [2.45, 2.75) is 38.5 Å². The van der Waals surface area contributed by atoms with E-state index in [9.17, 15) is 0 Å². The third-order valence-corrected chi connectivity index (χ3v) is 23.3. The maximum atomic E-state index is 7.37. The van der Waals surface area contributed by atoms with Gasteiger partial charge in [-0.05, 0) is 0 Å². The number of hydrogen-bond acceptors (Lipinski definition) is 3. The normalized spacial score (nSPS) is 16.1. The Kier molecular flexibility index (Phi) is 7.74. The van der Waals surface area contributed by atoms with Gasteiger partial charge in [-0.15, -0.1) is 0 Å². The molecule has 4 heteroatoms. The number of hydrogen-bond donors (Lipinski definition) is 0. The second-order valence-corrected chi connectivity index (χ2v) is 24.8. The fourth-order valence-electron chi connectivity index (χ4n) is 10.4. The summed E-state index contributed by atoms with van der Waals surface area (Å²) in [7, 11) is 0. The maximum absolute atomic E-state index is 7.37. The van der Waals surface area contributed by atoms with E-state index in [2.05, 4.69) is 232 Å². The van der Waals surface area contributed by atoms with Crippen molar-refractivity contribution in [1.29, 1.82) is 0 Å². The third-order valence-electron chi connectivity index (χ3n) is 13.2. The van der Waals surface area contributed by atoms with Crippen molar-refractivity contribution >= 4 is 65.0 Å². The minimum atomic E-state index is -3.71. The van der Waals surface area contributed by atoms with Crippen molar-refractivity contribution in [1.82, 2.24) is 0 Å². The van der Waals surface area contributed by atoms with E-state index in [-0.39, 0.29) is 10.8 Å². The van der Waals surface area contributed by atoms with Crippen molar-refractivity contribution in [3.8, 4) is 11.5 Å². The predicted octanol–water partition coefficient (Wildman–Crippen LogP) is 11.4. The van der Waals surface area contributed by atoms with Gasteiger partial charge in [-0.2, -0.15) is 0 Å². The van der Waals surface area contributed by atoms with Crippen molar-refractivity contribution in [2.24, 2.45) is 0 Å². The first kappa shape index (κ1) is 34.9. The Labute approximate surface area is 344 Å². The first-order chi connectivity index (χ1) is 28.3. The van der Waals surface area contributed by atoms with Gasteiger partial charge in [0.1, 0.15) is 0 Å². The van der Waals surface area contributed by atoms with Crippen LogP contribution in [0.1, 0.15) is 49.9 Å². The molecule has 11 rings (SSSR count). The number of ether oxygens (including phenoxy) is 1. The van der Waals surface area contributed by atoms with E-state index in [0.29, 0.717) is 0 Å². The summed E-state index contributed by atoms with van der Waals surface area (Å²) < 4.78 is 12.7. The molecule has 58 heavy (non-hydrogen) atoms. The fraction of sp³-hybridized carbons (Fsp3) is 0.111. The zero-order valence-electron chi connectivity index (χ0n) is 33.3. The quantitative estimate of drug-likeness (QED) is 0.165. The molecule has 0 N–H and O–H groups in total. The average molecular weight is 810 g/mol. The summed E-state index contributed by atoms with van der Waals surface area (Å²) in [4.78, 5) is 4.88. The molecule has 0 bridgehead atoms. The van der Waals surface area contributed by atoms with Crippen LogP contribution in [-0.4, -0.2) is 13.3 Å². The number of nitrogens with zero attached hydrogens (tertiary/aromatic N) is 2. The second-order valence-electron chi connectivity index (χ2n) is 16.9. The molecular formula is C54H44GeN2O. The number of para-hydroxylation sites is 4. The number of benzene rings is 8. The molecule has 3 aliphatic rings. The molecule has 8 aromatic rings. The van der Waals surface area contributed by atoms with E-state index in [1.807, 2.05) is 0 Å². The first-order valence-corrected chi connectivity index (χ1v) is 24.6. The van der Waals surface area contributed by atoms with Crippen LogP contribution in [0.25, 0.3) is 0 Å². The van der Waals surface area contributed by atoms with Crippen molar-refractivity contribution < 1.29 is 4.74 Å². The number of rotatable bonds is 4. The molecule has 0 radical (unpaired) electrons. The summed E-state index contributed by atoms with van der Waals surface area (Å²) in [6.07, 6.45) is 0. The van der Waals surface area contributed by atoms with Gasteiger partial charge in [0.05, 0.1) is 0 Å². The molecule has 0 amide bonds. The van der Waals surface area contributed by atoms with E-state index in [1.165, 1.54) is 62.6 Å². The molecule has 3 aliphatic heterocycles. The Morgan fingerprint density at radius 1 is 0.362 bits per heavy atom. The van der Waals surface area contributed by atoms with Crippen molar-refractivity contribution in [3.05, 3.63) is 216 Å². The number of anilines is 6. The molecule has 0 aromatic heterocycles. The molecular weight excluding hydrogens is 765 g/mol. The second kappa shape index (κ2) is 12.9. The Balaban J connectivity index is 1.16. The van der Waals surface area contributed by atoms with Crippen LogP contribution in [0.4, 0.5) is 34.1 Å². The summed E-state index contributed by atoms with van der Waals surface area (Å²) in [6, 6.07) is 72.1. The topological polar surface area (TPSA) is 15.7 Å². The predicted molar refractivity (Wildman–Crippen MR) is 244 cm³/mol. The Hall–Kier alpha value is -6.30. The third kappa shape index (κ3) is 4.86. The van der Waals surface area contributed by atoms with Crippen molar-refractivity contribution in [3.63, 3.8) is 0 Å². The van der Waals surface area contributed by atoms with Gasteiger partial charge < -0.3 is 0 Å². The zero-order valence-corrected chi connectivity index (χ0v) is 35.4. The van der Waals surface area contributed by atoms with Crippen LogP contribution < -0.4 is 32.1 Å². The van der Waals surface area contributed by atoms with Crippen LogP contribution in [0.5, 0.6) is 11.5 Å². The molecule has 0 fully saturated rings. The van der Waals surface area contributed by atoms with Gasteiger partial charge in [-0.3, -0.25) is 0 Å². The van der Waals surface area contributed by atoms with Gasteiger partial charge in [0, 0.05) is 0 Å². The SMILES string of the molecule is CC1(C)c2ccccc2N(c2cc[c]3c(c2)Oc2cc(N4c5ccccc5C(C)(C)c5ccccc54)cc[c]2[Ge]3([c]2ccccc2)[c]2ccccc2)c2ccccc21. The molecule has 0 spiro atoms. The molecule has 3 heterocycles. The van der Waals surface area contributed by atoms with Gasteiger partial charge in [-0.25, -0.2) is 0 Å². The average Bonchev–Trinajstić information content (AvgIpc) is 3.26. The summed E-state index contributed by atoms with van der Waals surface area (Å²) in [5.74, 6) is 1.85. The van der Waals surface area contributed by atoms with Gasteiger partial charge in [-0.1, -0.05) is 0 Å². The zero-order chi connectivity index (χ0) is 39.2. The van der Waals surface area contributed by atoms with E-state index >= 15 is 0 Å². The fourth-order valence-corrected chi connectivity index (χ4v) is 20.7. The summed E-state index contributed by atoms with van der Waals surface area (Å²) >= 11 is -3.71. The Morgan fingerprint density at radius 3 is 1.02 bits per heavy atom. The molecule has 0 saturated heterocycles. The molecule has 0 saturated carbocycles. The van der Waals surface area contributed by atoms with E-state index in [1.54, 1.807) is 0 Å². The van der Waals surface area contributed by atoms with Gasteiger partial charge in [0.25, 0.3) is 0 Å².